The van der Waals surface area contributed by atoms with Crippen molar-refractivity contribution in [3.63, 3.8) is 0 Å². The van der Waals surface area contributed by atoms with Crippen LogP contribution in [0.4, 0.5) is 0 Å². The molecule has 3 nitrogen and oxygen atoms in total. The Balaban J connectivity index is 1.88. The SMILES string of the molecule is CCOC(=O)COc1ccc(Cc2ccccc2)cc1. The first kappa shape index (κ1) is 14.1. The van der Waals surface area contributed by atoms with Gasteiger partial charge in [0.15, 0.2) is 6.61 Å². The molecule has 0 saturated heterocycles. The van der Waals surface area contributed by atoms with Crippen molar-refractivity contribution in [1.82, 2.24) is 0 Å². The zero-order chi connectivity index (χ0) is 14.2. The van der Waals surface area contributed by atoms with Crippen LogP contribution in [0.5, 0.6) is 5.75 Å². The van der Waals surface area contributed by atoms with Gasteiger partial charge in [0.05, 0.1) is 6.61 Å². The largest absolute Gasteiger partial charge is 0.482 e. The number of carbonyl (C=O) groups is 1. The summed E-state index contributed by atoms with van der Waals surface area (Å²) in [6.45, 7) is 2.10. The molecule has 2 aromatic rings. The Labute approximate surface area is 119 Å². The highest BCUT2D eigenvalue weighted by Gasteiger charge is 2.03. The van der Waals surface area contributed by atoms with Crippen LogP contribution in [0.1, 0.15) is 18.1 Å². The van der Waals surface area contributed by atoms with Crippen molar-refractivity contribution < 1.29 is 14.3 Å². The van der Waals surface area contributed by atoms with Crippen molar-refractivity contribution in [2.24, 2.45) is 0 Å². The topological polar surface area (TPSA) is 35.5 Å². The summed E-state index contributed by atoms with van der Waals surface area (Å²) in [5.41, 5.74) is 2.48. The smallest absolute Gasteiger partial charge is 0.344 e. The molecule has 0 unspecified atom stereocenters. The average molecular weight is 270 g/mol. The first-order valence-electron chi connectivity index (χ1n) is 6.69. The van der Waals surface area contributed by atoms with Crippen LogP contribution in [0, 0.1) is 0 Å². The van der Waals surface area contributed by atoms with Gasteiger partial charge in [-0.2, -0.15) is 0 Å². The summed E-state index contributed by atoms with van der Waals surface area (Å²) < 4.78 is 10.2. The van der Waals surface area contributed by atoms with Gasteiger partial charge in [0.2, 0.25) is 0 Å². The molecule has 2 aromatic carbocycles. The maximum absolute atomic E-state index is 11.2. The van der Waals surface area contributed by atoms with Crippen molar-refractivity contribution >= 4 is 5.97 Å². The van der Waals surface area contributed by atoms with Gasteiger partial charge in [-0.25, -0.2) is 4.79 Å². The molecule has 2 rings (SSSR count). The summed E-state index contributed by atoms with van der Waals surface area (Å²) >= 11 is 0. The molecule has 0 bridgehead atoms. The molecule has 0 aromatic heterocycles. The molecule has 0 aliphatic carbocycles. The molecule has 0 spiro atoms. The minimum absolute atomic E-state index is 0.0497. The predicted molar refractivity (Wildman–Crippen MR) is 77.8 cm³/mol. The average Bonchev–Trinajstić information content (AvgIpc) is 2.48. The van der Waals surface area contributed by atoms with Crippen molar-refractivity contribution in [1.29, 1.82) is 0 Å². The number of hydrogen-bond donors (Lipinski definition) is 0. The van der Waals surface area contributed by atoms with Gasteiger partial charge in [-0.15, -0.1) is 0 Å². The minimum atomic E-state index is -0.346. The second-order valence-electron chi connectivity index (χ2n) is 4.40. The zero-order valence-corrected chi connectivity index (χ0v) is 11.5. The molecule has 20 heavy (non-hydrogen) atoms. The minimum Gasteiger partial charge on any atom is -0.482 e. The summed E-state index contributed by atoms with van der Waals surface area (Å²) in [5, 5.41) is 0. The van der Waals surface area contributed by atoms with E-state index in [-0.39, 0.29) is 12.6 Å². The first-order valence-corrected chi connectivity index (χ1v) is 6.69. The number of ether oxygens (including phenoxy) is 2. The maximum Gasteiger partial charge on any atom is 0.344 e. The molecule has 0 heterocycles. The predicted octanol–water partition coefficient (Wildman–Crippen LogP) is 3.22. The van der Waals surface area contributed by atoms with Crippen molar-refractivity contribution in [2.75, 3.05) is 13.2 Å². The third-order valence-electron chi connectivity index (χ3n) is 2.84. The van der Waals surface area contributed by atoms with E-state index in [1.807, 2.05) is 42.5 Å². The highest BCUT2D eigenvalue weighted by atomic mass is 16.6. The van der Waals surface area contributed by atoms with Gasteiger partial charge in [0.25, 0.3) is 0 Å². The zero-order valence-electron chi connectivity index (χ0n) is 11.5. The van der Waals surface area contributed by atoms with Gasteiger partial charge in [-0.05, 0) is 36.6 Å². The molecule has 3 heteroatoms. The van der Waals surface area contributed by atoms with Gasteiger partial charge in [0.1, 0.15) is 5.75 Å². The van der Waals surface area contributed by atoms with Crippen molar-refractivity contribution in [3.05, 3.63) is 65.7 Å². The van der Waals surface area contributed by atoms with E-state index >= 15 is 0 Å². The van der Waals surface area contributed by atoms with Gasteiger partial charge in [-0.3, -0.25) is 0 Å². The van der Waals surface area contributed by atoms with E-state index in [0.29, 0.717) is 12.4 Å². The van der Waals surface area contributed by atoms with Gasteiger partial charge in [0, 0.05) is 0 Å². The second-order valence-corrected chi connectivity index (χ2v) is 4.40. The van der Waals surface area contributed by atoms with Crippen LogP contribution < -0.4 is 4.74 Å². The van der Waals surface area contributed by atoms with Crippen molar-refractivity contribution in [3.8, 4) is 5.75 Å². The summed E-state index contributed by atoms with van der Waals surface area (Å²) in [6, 6.07) is 18.0. The highest BCUT2D eigenvalue weighted by Crippen LogP contribution is 2.15. The molecule has 0 saturated carbocycles. The van der Waals surface area contributed by atoms with Gasteiger partial charge < -0.3 is 9.47 Å². The molecule has 0 radical (unpaired) electrons. The van der Waals surface area contributed by atoms with E-state index in [1.54, 1.807) is 6.92 Å². The van der Waals surface area contributed by atoms with E-state index in [1.165, 1.54) is 11.1 Å². The lowest BCUT2D eigenvalue weighted by molar-refractivity contribution is -0.145. The fraction of sp³-hybridized carbons (Fsp3) is 0.235. The number of carbonyl (C=O) groups excluding carboxylic acids is 1. The number of rotatable bonds is 6. The standard InChI is InChI=1S/C17H18O3/c1-2-19-17(18)13-20-16-10-8-15(9-11-16)12-14-6-4-3-5-7-14/h3-11H,2,12-13H2,1H3. The molecule has 0 aliphatic rings. The van der Waals surface area contributed by atoms with E-state index < -0.39 is 0 Å². The molecule has 0 amide bonds. The maximum atomic E-state index is 11.2. The Bertz CT molecular complexity index is 532. The van der Waals surface area contributed by atoms with Crippen LogP contribution in [0.3, 0.4) is 0 Å². The van der Waals surface area contributed by atoms with E-state index in [2.05, 4.69) is 12.1 Å². The third-order valence-corrected chi connectivity index (χ3v) is 2.84. The molecule has 0 N–H and O–H groups in total. The molecular formula is C17H18O3. The Morgan fingerprint density at radius 2 is 1.60 bits per heavy atom. The van der Waals surface area contributed by atoms with Crippen LogP contribution >= 0.6 is 0 Å². The van der Waals surface area contributed by atoms with Crippen LogP contribution in [0.25, 0.3) is 0 Å². The summed E-state index contributed by atoms with van der Waals surface area (Å²) in [4.78, 5) is 11.2. The fourth-order valence-electron chi connectivity index (χ4n) is 1.88. The summed E-state index contributed by atoms with van der Waals surface area (Å²) in [7, 11) is 0. The lowest BCUT2D eigenvalue weighted by atomic mass is 10.1. The summed E-state index contributed by atoms with van der Waals surface area (Å²) in [6.07, 6.45) is 0.888. The molecule has 0 atom stereocenters. The van der Waals surface area contributed by atoms with Crippen molar-refractivity contribution in [2.45, 2.75) is 13.3 Å². The lowest BCUT2D eigenvalue weighted by Crippen LogP contribution is -2.14. The van der Waals surface area contributed by atoms with E-state index in [4.69, 9.17) is 9.47 Å². The molecular weight excluding hydrogens is 252 g/mol. The lowest BCUT2D eigenvalue weighted by Gasteiger charge is -2.07. The van der Waals surface area contributed by atoms with Gasteiger partial charge in [-0.1, -0.05) is 42.5 Å². The Morgan fingerprint density at radius 3 is 2.25 bits per heavy atom. The fourth-order valence-corrected chi connectivity index (χ4v) is 1.88. The van der Waals surface area contributed by atoms with Crippen LogP contribution in [-0.2, 0) is 16.0 Å². The number of benzene rings is 2. The molecule has 0 fully saturated rings. The monoisotopic (exact) mass is 270 g/mol. The van der Waals surface area contributed by atoms with Crippen LogP contribution in [-0.4, -0.2) is 19.2 Å². The Hall–Kier alpha value is -2.29. The van der Waals surface area contributed by atoms with E-state index in [0.717, 1.165) is 6.42 Å². The second kappa shape index (κ2) is 7.34. The van der Waals surface area contributed by atoms with Crippen LogP contribution in [0.15, 0.2) is 54.6 Å². The van der Waals surface area contributed by atoms with Gasteiger partial charge >= 0.3 is 5.97 Å². The van der Waals surface area contributed by atoms with E-state index in [9.17, 15) is 4.79 Å². The first-order chi connectivity index (χ1) is 9.78. The highest BCUT2D eigenvalue weighted by molar-refractivity contribution is 5.71. The quantitative estimate of drug-likeness (QED) is 0.756. The third kappa shape index (κ3) is 4.43. The van der Waals surface area contributed by atoms with Crippen LogP contribution in [0.2, 0.25) is 0 Å². The molecule has 104 valence electrons. The Kier molecular flexibility index (Phi) is 5.18. The molecule has 0 aliphatic heterocycles. The Morgan fingerprint density at radius 1 is 0.950 bits per heavy atom. The number of hydrogen-bond acceptors (Lipinski definition) is 3. The number of esters is 1. The normalized spacial score (nSPS) is 10.1. The summed E-state index contributed by atoms with van der Waals surface area (Å²) in [5.74, 6) is 0.329.